The summed E-state index contributed by atoms with van der Waals surface area (Å²) in [6, 6.07) is 0. The molecule has 1 unspecified atom stereocenters. The van der Waals surface area contributed by atoms with Crippen LogP contribution in [0.25, 0.3) is 0 Å². The first kappa shape index (κ1) is 15.1. The number of alkyl halides is 3. The Hall–Kier alpha value is -0.870. The van der Waals surface area contributed by atoms with E-state index in [4.69, 9.17) is 9.66 Å². The van der Waals surface area contributed by atoms with Crippen LogP contribution in [0.1, 0.15) is 6.42 Å². The van der Waals surface area contributed by atoms with Crippen LogP contribution in [0.5, 0.6) is 0 Å². The van der Waals surface area contributed by atoms with Gasteiger partial charge in [0.1, 0.15) is 5.75 Å². The minimum absolute atomic E-state index is 0.696. The average Bonchev–Trinajstić information content (AvgIpc) is 1.98. The molecule has 0 aromatic carbocycles. The van der Waals surface area contributed by atoms with Crippen molar-refractivity contribution < 1.29 is 40.8 Å². The zero-order valence-corrected chi connectivity index (χ0v) is 8.58. The van der Waals surface area contributed by atoms with Crippen LogP contribution in [-0.4, -0.2) is 48.7 Å². The Morgan fingerprint density at radius 3 is 2.19 bits per heavy atom. The molecular formula is C6H9F3O6S. The van der Waals surface area contributed by atoms with E-state index in [0.717, 1.165) is 0 Å². The van der Waals surface area contributed by atoms with E-state index < -0.39 is 47.1 Å². The summed E-state index contributed by atoms with van der Waals surface area (Å²) < 4.78 is 68.9. The molecule has 0 radical (unpaired) electrons. The number of hydrogen-bond donors (Lipinski definition) is 2. The fourth-order valence-corrected chi connectivity index (χ4v) is 1.34. The van der Waals surface area contributed by atoms with E-state index in [0.29, 0.717) is 0 Å². The lowest BCUT2D eigenvalue weighted by Crippen LogP contribution is -2.39. The molecule has 6 nitrogen and oxygen atoms in total. The summed E-state index contributed by atoms with van der Waals surface area (Å²) in [5.74, 6) is -3.18. The second-order valence-electron chi connectivity index (χ2n) is 2.74. The Morgan fingerprint density at radius 2 is 1.88 bits per heavy atom. The Morgan fingerprint density at radius 1 is 1.38 bits per heavy atom. The molecule has 0 aliphatic rings. The molecule has 0 aliphatic heterocycles. The van der Waals surface area contributed by atoms with E-state index in [2.05, 4.69) is 4.74 Å². The highest BCUT2D eigenvalue weighted by Crippen LogP contribution is 2.24. The molecule has 0 aliphatic carbocycles. The van der Waals surface area contributed by atoms with Crippen LogP contribution in [0.3, 0.4) is 0 Å². The van der Waals surface area contributed by atoms with Gasteiger partial charge >= 0.3 is 12.1 Å². The molecule has 0 aromatic heterocycles. The molecular weight excluding hydrogens is 257 g/mol. The van der Waals surface area contributed by atoms with Gasteiger partial charge in [0.05, 0.1) is 13.0 Å². The van der Waals surface area contributed by atoms with E-state index in [1.807, 2.05) is 0 Å². The highest BCUT2D eigenvalue weighted by Gasteiger charge is 2.45. The number of aliphatic hydroxyl groups is 1. The number of rotatable bonds is 5. The highest BCUT2D eigenvalue weighted by atomic mass is 32.2. The Balaban J connectivity index is 4.65. The molecule has 0 rings (SSSR count). The second kappa shape index (κ2) is 5.46. The van der Waals surface area contributed by atoms with Gasteiger partial charge in [0.25, 0.3) is 10.1 Å². The minimum atomic E-state index is -5.11. The van der Waals surface area contributed by atoms with Crippen molar-refractivity contribution in [3.8, 4) is 0 Å². The molecule has 0 bridgehead atoms. The summed E-state index contributed by atoms with van der Waals surface area (Å²) >= 11 is 0. The largest absolute Gasteiger partial charge is 0.451 e. The van der Waals surface area contributed by atoms with Crippen molar-refractivity contribution in [3.63, 3.8) is 0 Å². The van der Waals surface area contributed by atoms with E-state index in [1.165, 1.54) is 0 Å². The minimum Gasteiger partial charge on any atom is -0.451 e. The van der Waals surface area contributed by atoms with Crippen molar-refractivity contribution in [2.45, 2.75) is 18.7 Å². The molecule has 0 saturated carbocycles. The van der Waals surface area contributed by atoms with E-state index in [-0.39, 0.29) is 0 Å². The lowest BCUT2D eigenvalue weighted by Gasteiger charge is -2.19. The van der Waals surface area contributed by atoms with Crippen molar-refractivity contribution in [1.29, 1.82) is 0 Å². The molecule has 0 fully saturated rings. The molecule has 96 valence electrons. The number of hydrogen-bond acceptors (Lipinski definition) is 5. The molecule has 10 heteroatoms. The van der Waals surface area contributed by atoms with Gasteiger partial charge in [-0.25, -0.2) is 0 Å². The fourth-order valence-electron chi connectivity index (χ4n) is 0.696. The molecule has 0 saturated heterocycles. The Labute approximate surface area is 88.8 Å². The van der Waals surface area contributed by atoms with Gasteiger partial charge in [-0.15, -0.1) is 0 Å². The van der Waals surface area contributed by atoms with Crippen molar-refractivity contribution >= 4 is 16.1 Å². The van der Waals surface area contributed by atoms with E-state index in [9.17, 15) is 26.4 Å². The maximum Gasteiger partial charge on any atom is 0.426 e. The summed E-state index contributed by atoms with van der Waals surface area (Å²) in [6.45, 7) is -0.727. The lowest BCUT2D eigenvalue weighted by atomic mass is 10.4. The normalized spacial score (nSPS) is 14.6. The molecule has 2 N–H and O–H groups in total. The number of aliphatic hydroxyl groups excluding tert-OH is 1. The van der Waals surface area contributed by atoms with Gasteiger partial charge in [-0.05, 0) is 0 Å². The molecule has 0 heterocycles. The van der Waals surface area contributed by atoms with E-state index >= 15 is 0 Å². The lowest BCUT2D eigenvalue weighted by molar-refractivity contribution is -0.215. The van der Waals surface area contributed by atoms with E-state index in [1.54, 1.807) is 0 Å². The van der Waals surface area contributed by atoms with Crippen LogP contribution in [0.2, 0.25) is 0 Å². The molecule has 1 atom stereocenters. The van der Waals surface area contributed by atoms with Crippen LogP contribution >= 0.6 is 0 Å². The summed E-state index contributed by atoms with van der Waals surface area (Å²) in [4.78, 5) is 10.6. The summed E-state index contributed by atoms with van der Waals surface area (Å²) in [7, 11) is -4.93. The third-order valence-corrected chi connectivity index (χ3v) is 2.04. The zero-order valence-electron chi connectivity index (χ0n) is 7.77. The molecule has 0 amide bonds. The van der Waals surface area contributed by atoms with Gasteiger partial charge in [-0.1, -0.05) is 0 Å². The predicted molar refractivity (Wildman–Crippen MR) is 44.1 cm³/mol. The SMILES string of the molecule is O=C(CCO)OC(CS(=O)(=O)O)C(F)(F)F. The second-order valence-corrected chi connectivity index (χ2v) is 4.24. The smallest absolute Gasteiger partial charge is 0.426 e. The van der Waals surface area contributed by atoms with Gasteiger partial charge in [-0.2, -0.15) is 21.6 Å². The topological polar surface area (TPSA) is 101 Å². The number of carbonyl (C=O) groups is 1. The van der Waals surface area contributed by atoms with Gasteiger partial charge in [0.2, 0.25) is 6.10 Å². The summed E-state index contributed by atoms with van der Waals surface area (Å²) in [6.07, 6.45) is -8.75. The quantitative estimate of drug-likeness (QED) is 0.524. The summed E-state index contributed by atoms with van der Waals surface area (Å²) in [5, 5.41) is 8.24. The maximum atomic E-state index is 12.1. The van der Waals surface area contributed by atoms with Crippen molar-refractivity contribution in [3.05, 3.63) is 0 Å². The molecule has 16 heavy (non-hydrogen) atoms. The fraction of sp³-hybridized carbons (Fsp3) is 0.833. The first-order valence-electron chi connectivity index (χ1n) is 3.88. The van der Waals surface area contributed by atoms with Crippen LogP contribution < -0.4 is 0 Å². The molecule has 0 spiro atoms. The van der Waals surface area contributed by atoms with Crippen LogP contribution in [0.4, 0.5) is 13.2 Å². The van der Waals surface area contributed by atoms with Crippen LogP contribution in [0, 0.1) is 0 Å². The summed E-state index contributed by atoms with van der Waals surface area (Å²) in [5.41, 5.74) is 0. The van der Waals surface area contributed by atoms with Crippen LogP contribution in [0.15, 0.2) is 0 Å². The van der Waals surface area contributed by atoms with Crippen molar-refractivity contribution in [2.75, 3.05) is 12.4 Å². The number of esters is 1. The van der Waals surface area contributed by atoms with Gasteiger partial charge in [-0.3, -0.25) is 9.35 Å². The standard InChI is InChI=1S/C6H9F3O6S/c7-6(8,9)4(3-16(12,13)14)15-5(11)1-2-10/h4,10H,1-3H2,(H,12,13,14). The number of carbonyl (C=O) groups excluding carboxylic acids is 1. The van der Waals surface area contributed by atoms with Crippen molar-refractivity contribution in [2.24, 2.45) is 0 Å². The first-order chi connectivity index (χ1) is 7.06. The van der Waals surface area contributed by atoms with Gasteiger partial charge < -0.3 is 9.84 Å². The number of ether oxygens (including phenoxy) is 1. The predicted octanol–water partition coefficient (Wildman–Crippen LogP) is -0.269. The third kappa shape index (κ3) is 6.58. The van der Waals surface area contributed by atoms with Crippen LogP contribution in [-0.2, 0) is 19.6 Å². The zero-order chi connectivity index (χ0) is 13.0. The van der Waals surface area contributed by atoms with Crippen molar-refractivity contribution in [1.82, 2.24) is 0 Å². The van der Waals surface area contributed by atoms with Gasteiger partial charge in [0.15, 0.2) is 0 Å². The number of halogens is 3. The third-order valence-electron chi connectivity index (χ3n) is 1.32. The highest BCUT2D eigenvalue weighted by molar-refractivity contribution is 7.85. The monoisotopic (exact) mass is 266 g/mol. The Bertz CT molecular complexity index is 335. The maximum absolute atomic E-state index is 12.1. The first-order valence-corrected chi connectivity index (χ1v) is 5.49. The Kier molecular flexibility index (Phi) is 5.16. The average molecular weight is 266 g/mol. The molecule has 0 aromatic rings. The van der Waals surface area contributed by atoms with Gasteiger partial charge in [0, 0.05) is 0 Å².